The van der Waals surface area contributed by atoms with Crippen LogP contribution in [0.1, 0.15) is 39.2 Å². The zero-order valence-corrected chi connectivity index (χ0v) is 14.8. The Morgan fingerprint density at radius 3 is 2.36 bits per heavy atom. The Morgan fingerprint density at radius 2 is 1.76 bits per heavy atom. The normalized spacial score (nSPS) is 33.7. The van der Waals surface area contributed by atoms with E-state index >= 15 is 0 Å². The summed E-state index contributed by atoms with van der Waals surface area (Å²) < 4.78 is 22.8. The molecule has 1 aliphatic heterocycles. The first-order valence-electron chi connectivity index (χ1n) is 8.57. The van der Waals surface area contributed by atoms with Crippen LogP contribution < -0.4 is 0 Å². The van der Waals surface area contributed by atoms with Gasteiger partial charge in [-0.1, -0.05) is 30.3 Å². The molecule has 3 atom stereocenters. The molecule has 1 heterocycles. The maximum atomic E-state index is 11.5. The highest BCUT2D eigenvalue weighted by molar-refractivity contribution is 5.67. The van der Waals surface area contributed by atoms with Crippen molar-refractivity contribution < 1.29 is 28.5 Å². The van der Waals surface area contributed by atoms with Gasteiger partial charge in [-0.25, -0.2) is 0 Å². The number of rotatable bonds is 5. The lowest BCUT2D eigenvalue weighted by Gasteiger charge is -2.46. The van der Waals surface area contributed by atoms with Crippen LogP contribution in [0.15, 0.2) is 30.3 Å². The molecule has 136 valence electrons. The van der Waals surface area contributed by atoms with Gasteiger partial charge in [-0.3, -0.25) is 9.59 Å². The average molecular weight is 348 g/mol. The third-order valence-corrected chi connectivity index (χ3v) is 4.77. The van der Waals surface area contributed by atoms with E-state index in [-0.39, 0.29) is 12.2 Å². The Hall–Kier alpha value is -1.92. The number of hydrogen-bond acceptors (Lipinski definition) is 6. The second-order valence-electron chi connectivity index (χ2n) is 6.82. The molecule has 3 rings (SSSR count). The number of ether oxygens (including phenoxy) is 4. The maximum Gasteiger partial charge on any atom is 0.303 e. The van der Waals surface area contributed by atoms with Crippen molar-refractivity contribution in [2.45, 2.75) is 70.2 Å². The average Bonchev–Trinajstić information content (AvgIpc) is 2.77. The monoisotopic (exact) mass is 348 g/mol. The Kier molecular flexibility index (Phi) is 5.11. The van der Waals surface area contributed by atoms with Gasteiger partial charge < -0.3 is 18.9 Å². The van der Waals surface area contributed by atoms with Crippen molar-refractivity contribution in [1.29, 1.82) is 0 Å². The first-order chi connectivity index (χ1) is 11.9. The van der Waals surface area contributed by atoms with Crippen LogP contribution in [0.25, 0.3) is 0 Å². The molecule has 1 spiro atoms. The Balaban J connectivity index is 1.62. The summed E-state index contributed by atoms with van der Waals surface area (Å²) in [7, 11) is 0. The highest BCUT2D eigenvalue weighted by Crippen LogP contribution is 2.49. The SMILES string of the molecule is CC(=O)O[C@H]1C(C)OC2(CC(OCc3ccccc3)C2)[C@H]1OC(C)=O. The number of carbonyl (C=O) groups excluding carboxylic acids is 2. The van der Waals surface area contributed by atoms with Gasteiger partial charge in [0.05, 0.1) is 18.8 Å². The number of benzene rings is 1. The van der Waals surface area contributed by atoms with Gasteiger partial charge in [0.2, 0.25) is 0 Å². The standard InChI is InChI=1S/C19H24O6/c1-12-17(23-13(2)20)18(24-14(3)21)19(25-12)9-16(10-19)22-11-15-7-5-4-6-8-15/h4-8,12,16-18H,9-11H2,1-3H3/t12?,16?,17-,18-,19?/m0/s1. The Labute approximate surface area is 147 Å². The van der Waals surface area contributed by atoms with Crippen molar-refractivity contribution in [3.63, 3.8) is 0 Å². The second-order valence-corrected chi connectivity index (χ2v) is 6.82. The molecule has 0 N–H and O–H groups in total. The maximum absolute atomic E-state index is 11.5. The molecule has 1 aliphatic carbocycles. The molecule has 2 aliphatic rings. The summed E-state index contributed by atoms with van der Waals surface area (Å²) in [5, 5.41) is 0. The molecule has 1 aromatic rings. The fraction of sp³-hybridized carbons (Fsp3) is 0.579. The van der Waals surface area contributed by atoms with E-state index < -0.39 is 29.7 Å². The number of esters is 2. The van der Waals surface area contributed by atoms with E-state index in [9.17, 15) is 9.59 Å². The minimum absolute atomic E-state index is 0.0292. The van der Waals surface area contributed by atoms with Crippen LogP contribution in [0.5, 0.6) is 0 Å². The molecule has 2 fully saturated rings. The van der Waals surface area contributed by atoms with Crippen LogP contribution in [0.4, 0.5) is 0 Å². The van der Waals surface area contributed by atoms with Gasteiger partial charge in [0.15, 0.2) is 12.2 Å². The fourth-order valence-corrected chi connectivity index (χ4v) is 3.70. The topological polar surface area (TPSA) is 71.1 Å². The van der Waals surface area contributed by atoms with Gasteiger partial charge in [0.25, 0.3) is 0 Å². The van der Waals surface area contributed by atoms with Gasteiger partial charge >= 0.3 is 11.9 Å². The van der Waals surface area contributed by atoms with Gasteiger partial charge in [-0.05, 0) is 12.5 Å². The summed E-state index contributed by atoms with van der Waals surface area (Å²) in [5.74, 6) is -0.821. The van der Waals surface area contributed by atoms with Crippen LogP contribution >= 0.6 is 0 Å². The summed E-state index contributed by atoms with van der Waals surface area (Å²) in [6, 6.07) is 9.95. The molecule has 0 bridgehead atoms. The molecule has 1 saturated carbocycles. The van der Waals surface area contributed by atoms with Crippen LogP contribution in [-0.4, -0.2) is 42.0 Å². The van der Waals surface area contributed by atoms with E-state index in [1.807, 2.05) is 37.3 Å². The molecular weight excluding hydrogens is 324 g/mol. The molecule has 1 unspecified atom stereocenters. The fourth-order valence-electron chi connectivity index (χ4n) is 3.70. The van der Waals surface area contributed by atoms with Crippen molar-refractivity contribution in [3.05, 3.63) is 35.9 Å². The van der Waals surface area contributed by atoms with E-state index in [0.29, 0.717) is 19.4 Å². The molecule has 0 radical (unpaired) electrons. The highest BCUT2D eigenvalue weighted by Gasteiger charge is 2.63. The van der Waals surface area contributed by atoms with Gasteiger partial charge in [0.1, 0.15) is 5.60 Å². The molecule has 6 heteroatoms. The molecule has 6 nitrogen and oxygen atoms in total. The summed E-state index contributed by atoms with van der Waals surface area (Å²) in [5.41, 5.74) is 0.477. The Morgan fingerprint density at radius 1 is 1.12 bits per heavy atom. The first-order valence-corrected chi connectivity index (χ1v) is 8.57. The van der Waals surface area contributed by atoms with Crippen molar-refractivity contribution in [2.75, 3.05) is 0 Å². The summed E-state index contributed by atoms with van der Waals surface area (Å²) in [6.45, 7) is 5.05. The van der Waals surface area contributed by atoms with Crippen molar-refractivity contribution in [2.24, 2.45) is 0 Å². The van der Waals surface area contributed by atoms with Crippen molar-refractivity contribution >= 4 is 11.9 Å². The third-order valence-electron chi connectivity index (χ3n) is 4.77. The quantitative estimate of drug-likeness (QED) is 0.761. The van der Waals surface area contributed by atoms with Gasteiger partial charge in [-0.2, -0.15) is 0 Å². The van der Waals surface area contributed by atoms with Crippen molar-refractivity contribution in [3.8, 4) is 0 Å². The summed E-state index contributed by atoms with van der Waals surface area (Å²) in [4.78, 5) is 22.9. The lowest BCUT2D eigenvalue weighted by Crippen LogP contribution is -2.57. The third kappa shape index (κ3) is 3.85. The minimum Gasteiger partial charge on any atom is -0.456 e. The van der Waals surface area contributed by atoms with E-state index in [1.54, 1.807) is 0 Å². The van der Waals surface area contributed by atoms with E-state index in [2.05, 4.69) is 0 Å². The molecule has 1 saturated heterocycles. The lowest BCUT2D eigenvalue weighted by atomic mass is 9.73. The lowest BCUT2D eigenvalue weighted by molar-refractivity contribution is -0.206. The van der Waals surface area contributed by atoms with E-state index in [1.165, 1.54) is 13.8 Å². The van der Waals surface area contributed by atoms with Gasteiger partial charge in [0, 0.05) is 26.7 Å². The van der Waals surface area contributed by atoms with Crippen LogP contribution in [0.2, 0.25) is 0 Å². The first kappa shape index (κ1) is 17.9. The van der Waals surface area contributed by atoms with Crippen molar-refractivity contribution in [1.82, 2.24) is 0 Å². The highest BCUT2D eigenvalue weighted by atomic mass is 16.6. The smallest absolute Gasteiger partial charge is 0.303 e. The van der Waals surface area contributed by atoms with E-state index in [4.69, 9.17) is 18.9 Å². The number of hydrogen-bond donors (Lipinski definition) is 0. The molecule has 0 aromatic heterocycles. The van der Waals surface area contributed by atoms with E-state index in [0.717, 1.165) is 5.56 Å². The molecule has 0 amide bonds. The molecule has 25 heavy (non-hydrogen) atoms. The zero-order valence-electron chi connectivity index (χ0n) is 14.8. The number of carbonyl (C=O) groups is 2. The largest absolute Gasteiger partial charge is 0.456 e. The molecule has 1 aromatic carbocycles. The van der Waals surface area contributed by atoms with Crippen LogP contribution in [0, 0.1) is 0 Å². The van der Waals surface area contributed by atoms with Gasteiger partial charge in [-0.15, -0.1) is 0 Å². The predicted molar refractivity (Wildman–Crippen MR) is 88.6 cm³/mol. The predicted octanol–water partition coefficient (Wildman–Crippen LogP) is 2.39. The van der Waals surface area contributed by atoms with Crippen LogP contribution in [0.3, 0.4) is 0 Å². The zero-order chi connectivity index (χ0) is 18.0. The summed E-state index contributed by atoms with van der Waals surface area (Å²) >= 11 is 0. The Bertz CT molecular complexity index is 622. The minimum atomic E-state index is -0.632. The second kappa shape index (κ2) is 7.14. The molecular formula is C19H24O6. The summed E-state index contributed by atoms with van der Waals surface area (Å²) in [6.07, 6.45) is -0.262. The van der Waals surface area contributed by atoms with Crippen LogP contribution in [-0.2, 0) is 35.1 Å².